The van der Waals surface area contributed by atoms with Crippen LogP contribution >= 0.6 is 0 Å². The Bertz CT molecular complexity index is 386. The molecule has 0 amide bonds. The van der Waals surface area contributed by atoms with Crippen molar-refractivity contribution in [1.29, 1.82) is 0 Å². The smallest absolute Gasteiger partial charge is 0.124 e. The van der Waals surface area contributed by atoms with Crippen LogP contribution in [0.1, 0.15) is 37.4 Å². The van der Waals surface area contributed by atoms with Crippen molar-refractivity contribution in [2.24, 2.45) is 0 Å². The summed E-state index contributed by atoms with van der Waals surface area (Å²) in [6.45, 7) is 8.90. The van der Waals surface area contributed by atoms with Crippen molar-refractivity contribution in [2.75, 3.05) is 19.8 Å². The molecule has 2 rings (SSSR count). The lowest BCUT2D eigenvalue weighted by atomic mass is 10.0. The molecule has 1 aromatic carbocycles. The monoisotopic (exact) mass is 249 g/mol. The molecular formula is C15H23NO2. The zero-order valence-electron chi connectivity index (χ0n) is 11.5. The van der Waals surface area contributed by atoms with Crippen molar-refractivity contribution in [2.45, 2.75) is 39.3 Å². The summed E-state index contributed by atoms with van der Waals surface area (Å²) in [5.74, 6) is 0.990. The van der Waals surface area contributed by atoms with Crippen molar-refractivity contribution in [3.63, 3.8) is 0 Å². The summed E-state index contributed by atoms with van der Waals surface area (Å²) in [7, 11) is 0. The lowest BCUT2D eigenvalue weighted by molar-refractivity contribution is 0.140. The Labute approximate surface area is 109 Å². The third-order valence-corrected chi connectivity index (χ3v) is 3.32. The molecule has 100 valence electrons. The molecule has 2 atom stereocenters. The Morgan fingerprint density at radius 3 is 3.00 bits per heavy atom. The second kappa shape index (κ2) is 6.21. The lowest BCUT2D eigenvalue weighted by Gasteiger charge is -2.20. The number of rotatable bonds is 5. The molecule has 0 bridgehead atoms. The molecule has 1 aromatic rings. The average molecular weight is 249 g/mol. The number of aryl methyl sites for hydroxylation is 1. The van der Waals surface area contributed by atoms with E-state index in [2.05, 4.69) is 44.3 Å². The van der Waals surface area contributed by atoms with E-state index in [-0.39, 0.29) is 6.10 Å². The summed E-state index contributed by atoms with van der Waals surface area (Å²) in [6, 6.07) is 6.70. The molecule has 1 aliphatic rings. The first-order chi connectivity index (χ1) is 8.70. The van der Waals surface area contributed by atoms with Crippen LogP contribution < -0.4 is 10.1 Å². The topological polar surface area (TPSA) is 30.5 Å². The number of hydrogen-bond acceptors (Lipinski definition) is 3. The Hall–Kier alpha value is -1.06. The van der Waals surface area contributed by atoms with E-state index in [1.54, 1.807) is 0 Å². The molecule has 0 aliphatic carbocycles. The van der Waals surface area contributed by atoms with E-state index in [0.29, 0.717) is 12.6 Å². The second-order valence-electron chi connectivity index (χ2n) is 4.92. The molecule has 18 heavy (non-hydrogen) atoms. The van der Waals surface area contributed by atoms with Gasteiger partial charge in [-0.1, -0.05) is 24.6 Å². The quantitative estimate of drug-likeness (QED) is 0.870. The van der Waals surface area contributed by atoms with Crippen molar-refractivity contribution < 1.29 is 9.47 Å². The number of ether oxygens (including phenoxy) is 2. The lowest BCUT2D eigenvalue weighted by Crippen LogP contribution is -2.21. The fraction of sp³-hybridized carbons (Fsp3) is 0.600. The third-order valence-electron chi connectivity index (χ3n) is 3.32. The van der Waals surface area contributed by atoms with Gasteiger partial charge in [-0.3, -0.25) is 0 Å². The average Bonchev–Trinajstić information content (AvgIpc) is 2.84. The summed E-state index contributed by atoms with van der Waals surface area (Å²) >= 11 is 0. The van der Waals surface area contributed by atoms with Gasteiger partial charge in [-0.2, -0.15) is 0 Å². The van der Waals surface area contributed by atoms with E-state index in [9.17, 15) is 0 Å². The highest BCUT2D eigenvalue weighted by Crippen LogP contribution is 2.28. The highest BCUT2D eigenvalue weighted by Gasteiger charge is 2.20. The molecule has 2 unspecified atom stereocenters. The van der Waals surface area contributed by atoms with Gasteiger partial charge in [0.05, 0.1) is 13.2 Å². The number of benzene rings is 1. The minimum Gasteiger partial charge on any atom is -0.488 e. The Morgan fingerprint density at radius 2 is 2.33 bits per heavy atom. The van der Waals surface area contributed by atoms with Crippen molar-refractivity contribution in [3.8, 4) is 5.75 Å². The van der Waals surface area contributed by atoms with Crippen LogP contribution in [0, 0.1) is 6.92 Å². The van der Waals surface area contributed by atoms with Crippen LogP contribution in [0.3, 0.4) is 0 Å². The third kappa shape index (κ3) is 3.24. The molecule has 1 heterocycles. The normalized spacial score (nSPS) is 20.9. The molecule has 3 nitrogen and oxygen atoms in total. The first kappa shape index (κ1) is 13.4. The van der Waals surface area contributed by atoms with Crippen molar-refractivity contribution in [1.82, 2.24) is 5.32 Å². The minimum absolute atomic E-state index is 0.209. The van der Waals surface area contributed by atoms with Gasteiger partial charge >= 0.3 is 0 Å². The molecule has 3 heteroatoms. The van der Waals surface area contributed by atoms with E-state index in [1.807, 2.05) is 0 Å². The minimum atomic E-state index is 0.209. The maximum absolute atomic E-state index is 6.06. The molecular weight excluding hydrogens is 226 g/mol. The summed E-state index contributed by atoms with van der Waals surface area (Å²) < 4.78 is 11.4. The fourth-order valence-corrected chi connectivity index (χ4v) is 2.32. The molecule has 0 spiro atoms. The zero-order valence-corrected chi connectivity index (χ0v) is 11.5. The molecule has 1 fully saturated rings. The Balaban J connectivity index is 2.16. The predicted molar refractivity (Wildman–Crippen MR) is 73.1 cm³/mol. The van der Waals surface area contributed by atoms with Gasteiger partial charge in [0.15, 0.2) is 0 Å². The van der Waals surface area contributed by atoms with E-state index >= 15 is 0 Å². The summed E-state index contributed by atoms with van der Waals surface area (Å²) in [4.78, 5) is 0. The largest absolute Gasteiger partial charge is 0.488 e. The number of hydrogen-bond donors (Lipinski definition) is 1. The Kier molecular flexibility index (Phi) is 4.61. The molecule has 0 saturated carbocycles. The van der Waals surface area contributed by atoms with Crippen LogP contribution in [-0.4, -0.2) is 25.9 Å². The molecule has 1 saturated heterocycles. The highest BCUT2D eigenvalue weighted by molar-refractivity contribution is 5.39. The van der Waals surface area contributed by atoms with Gasteiger partial charge in [-0.15, -0.1) is 0 Å². The van der Waals surface area contributed by atoms with Crippen LogP contribution in [0.4, 0.5) is 0 Å². The van der Waals surface area contributed by atoms with Gasteiger partial charge in [-0.25, -0.2) is 0 Å². The standard InChI is InChI=1S/C15H23NO2/c1-4-16-12(3)14-9-11(2)5-6-15(14)18-13-7-8-17-10-13/h5-6,9,12-13,16H,4,7-8,10H2,1-3H3. The van der Waals surface area contributed by atoms with Gasteiger partial charge < -0.3 is 14.8 Å². The SMILES string of the molecule is CCNC(C)c1cc(C)ccc1OC1CCOC1. The molecule has 0 aromatic heterocycles. The summed E-state index contributed by atoms with van der Waals surface area (Å²) in [6.07, 6.45) is 1.20. The van der Waals surface area contributed by atoms with Gasteiger partial charge in [-0.05, 0) is 26.5 Å². The van der Waals surface area contributed by atoms with Gasteiger partial charge in [0.25, 0.3) is 0 Å². The van der Waals surface area contributed by atoms with Gasteiger partial charge in [0.1, 0.15) is 11.9 Å². The van der Waals surface area contributed by atoms with Crippen LogP contribution in [-0.2, 0) is 4.74 Å². The van der Waals surface area contributed by atoms with Crippen LogP contribution in [0.2, 0.25) is 0 Å². The fourth-order valence-electron chi connectivity index (χ4n) is 2.32. The molecule has 1 N–H and O–H groups in total. The number of nitrogens with one attached hydrogen (secondary N) is 1. The maximum Gasteiger partial charge on any atom is 0.124 e. The second-order valence-corrected chi connectivity index (χ2v) is 4.92. The van der Waals surface area contributed by atoms with E-state index in [4.69, 9.17) is 9.47 Å². The maximum atomic E-state index is 6.06. The van der Waals surface area contributed by atoms with Gasteiger partial charge in [0, 0.05) is 18.0 Å². The van der Waals surface area contributed by atoms with Crippen molar-refractivity contribution in [3.05, 3.63) is 29.3 Å². The molecule has 1 aliphatic heterocycles. The van der Waals surface area contributed by atoms with Crippen LogP contribution in [0.15, 0.2) is 18.2 Å². The Morgan fingerprint density at radius 1 is 1.50 bits per heavy atom. The van der Waals surface area contributed by atoms with E-state index < -0.39 is 0 Å². The van der Waals surface area contributed by atoms with Crippen LogP contribution in [0.25, 0.3) is 0 Å². The first-order valence-corrected chi connectivity index (χ1v) is 6.79. The van der Waals surface area contributed by atoms with Crippen molar-refractivity contribution >= 4 is 0 Å². The highest BCUT2D eigenvalue weighted by atomic mass is 16.5. The zero-order chi connectivity index (χ0) is 13.0. The molecule has 0 radical (unpaired) electrons. The van der Waals surface area contributed by atoms with E-state index in [1.165, 1.54) is 11.1 Å². The predicted octanol–water partition coefficient (Wildman–Crippen LogP) is 2.83. The first-order valence-electron chi connectivity index (χ1n) is 6.79. The summed E-state index contributed by atoms with van der Waals surface area (Å²) in [5, 5.41) is 3.44. The van der Waals surface area contributed by atoms with Crippen LogP contribution in [0.5, 0.6) is 5.75 Å². The van der Waals surface area contributed by atoms with E-state index in [0.717, 1.165) is 25.3 Å². The summed E-state index contributed by atoms with van der Waals surface area (Å²) in [5.41, 5.74) is 2.51. The van der Waals surface area contributed by atoms with Gasteiger partial charge in [0.2, 0.25) is 0 Å².